The molecule has 0 saturated carbocycles. The van der Waals surface area contributed by atoms with Crippen LogP contribution >= 0.6 is 22.6 Å². The summed E-state index contributed by atoms with van der Waals surface area (Å²) < 4.78 is 27.6. The van der Waals surface area contributed by atoms with Crippen molar-refractivity contribution >= 4 is 56.7 Å². The van der Waals surface area contributed by atoms with Crippen LogP contribution in [0.3, 0.4) is 0 Å². The first kappa shape index (κ1) is 37.8. The summed E-state index contributed by atoms with van der Waals surface area (Å²) in [5.74, 6) is 1.61. The Balaban J connectivity index is 1.30. The first-order chi connectivity index (χ1) is 24.3. The summed E-state index contributed by atoms with van der Waals surface area (Å²) >= 11 is 2.33. The predicted octanol–water partition coefficient (Wildman–Crippen LogP) is 8.77. The SMILES string of the molecule is CCCCOCCOc1ccc(-c2ccc3c(c2)C=C(C(=O)Nc2ccc([S@](=O)Cc4cncn4CCI)cc2)CCCN3CC(C)C)cc1. The van der Waals surface area contributed by atoms with Crippen molar-refractivity contribution < 1.29 is 18.5 Å². The van der Waals surface area contributed by atoms with Crippen LogP contribution in [0.25, 0.3) is 17.2 Å². The summed E-state index contributed by atoms with van der Waals surface area (Å²) in [7, 11) is -1.22. The molecule has 10 heteroatoms. The molecule has 1 aliphatic heterocycles. The minimum absolute atomic E-state index is 0.115. The van der Waals surface area contributed by atoms with Crippen LogP contribution in [0, 0.1) is 5.92 Å². The van der Waals surface area contributed by atoms with Crippen LogP contribution < -0.4 is 15.0 Å². The lowest BCUT2D eigenvalue weighted by molar-refractivity contribution is -0.112. The number of ether oxygens (including phenoxy) is 2. The summed E-state index contributed by atoms with van der Waals surface area (Å²) in [4.78, 5) is 21.1. The van der Waals surface area contributed by atoms with Gasteiger partial charge in [0.2, 0.25) is 0 Å². The van der Waals surface area contributed by atoms with Gasteiger partial charge in [-0.05, 0) is 96.5 Å². The minimum Gasteiger partial charge on any atom is -0.491 e. The number of rotatable bonds is 17. The molecule has 0 fully saturated rings. The summed E-state index contributed by atoms with van der Waals surface area (Å²) in [5.41, 5.74) is 6.72. The van der Waals surface area contributed by atoms with Crippen molar-refractivity contribution in [3.63, 3.8) is 0 Å². The van der Waals surface area contributed by atoms with E-state index in [-0.39, 0.29) is 5.91 Å². The van der Waals surface area contributed by atoms with Gasteiger partial charge < -0.3 is 24.3 Å². The van der Waals surface area contributed by atoms with Gasteiger partial charge in [0.25, 0.3) is 5.91 Å². The third kappa shape index (κ3) is 10.8. The molecule has 8 nitrogen and oxygen atoms in total. The van der Waals surface area contributed by atoms with E-state index in [9.17, 15) is 9.00 Å². The van der Waals surface area contributed by atoms with Crippen LogP contribution in [0.1, 0.15) is 57.7 Å². The first-order valence-corrected chi connectivity index (χ1v) is 20.4. The van der Waals surface area contributed by atoms with Gasteiger partial charge in [0.05, 0.1) is 35.2 Å². The molecular weight excluding hydrogens is 759 g/mol. The van der Waals surface area contributed by atoms with E-state index in [2.05, 4.69) is 95.0 Å². The summed E-state index contributed by atoms with van der Waals surface area (Å²) in [5, 5.41) is 3.10. The third-order valence-corrected chi connectivity index (χ3v) is 10.4. The maximum Gasteiger partial charge on any atom is 0.251 e. The zero-order valence-electron chi connectivity index (χ0n) is 29.4. The topological polar surface area (TPSA) is 85.7 Å². The van der Waals surface area contributed by atoms with Crippen molar-refractivity contribution in [3.8, 4) is 16.9 Å². The molecule has 0 unspecified atom stereocenters. The van der Waals surface area contributed by atoms with Gasteiger partial charge in [-0.2, -0.15) is 0 Å². The second-order valence-corrected chi connectivity index (χ2v) is 15.5. The maximum absolute atomic E-state index is 13.7. The quantitative estimate of drug-likeness (QED) is 0.0653. The van der Waals surface area contributed by atoms with E-state index >= 15 is 0 Å². The van der Waals surface area contributed by atoms with Gasteiger partial charge in [-0.1, -0.05) is 68.0 Å². The molecule has 266 valence electrons. The number of carbonyl (C=O) groups is 1. The van der Waals surface area contributed by atoms with Gasteiger partial charge in [-0.25, -0.2) is 4.98 Å². The van der Waals surface area contributed by atoms with Gasteiger partial charge in [0.1, 0.15) is 12.4 Å². The number of alkyl halides is 1. The summed E-state index contributed by atoms with van der Waals surface area (Å²) in [6.07, 6.45) is 9.37. The summed E-state index contributed by atoms with van der Waals surface area (Å²) in [6, 6.07) is 22.0. The zero-order valence-corrected chi connectivity index (χ0v) is 32.4. The van der Waals surface area contributed by atoms with E-state index in [1.165, 1.54) is 0 Å². The number of imidazole rings is 1. The molecule has 1 atom stereocenters. The standard InChI is InChI=1S/C40H49IN4O4S/c1-4-5-21-48-22-23-49-37-13-8-31(9-14-37)32-10-17-39-34(24-32)25-33(7-6-19-44(39)27-30(2)3)40(46)43-35-11-15-38(16-12-35)50(47)28-36-26-42-29-45(36)20-18-41/h8-17,24-26,29-30H,4-7,18-23,27-28H2,1-3H3,(H,43,46)/t50-/m1/s1. The highest BCUT2D eigenvalue weighted by Crippen LogP contribution is 2.33. The van der Waals surface area contributed by atoms with Crippen LogP contribution in [0.5, 0.6) is 5.75 Å². The zero-order chi connectivity index (χ0) is 35.3. The van der Waals surface area contributed by atoms with Crippen LogP contribution in [-0.2, 0) is 32.6 Å². The highest BCUT2D eigenvalue weighted by Gasteiger charge is 2.20. The molecule has 50 heavy (non-hydrogen) atoms. The van der Waals surface area contributed by atoms with Crippen molar-refractivity contribution in [1.29, 1.82) is 0 Å². The number of aromatic nitrogens is 2. The Labute approximate surface area is 313 Å². The van der Waals surface area contributed by atoms with E-state index in [4.69, 9.17) is 9.47 Å². The Hall–Kier alpha value is -3.48. The van der Waals surface area contributed by atoms with Gasteiger partial charge in [0, 0.05) is 58.7 Å². The molecule has 0 spiro atoms. The number of fused-ring (bicyclic) bond motifs is 1. The lowest BCUT2D eigenvalue weighted by atomic mass is 9.96. The van der Waals surface area contributed by atoms with Gasteiger partial charge >= 0.3 is 0 Å². The number of benzene rings is 3. The fourth-order valence-electron chi connectivity index (χ4n) is 5.98. The highest BCUT2D eigenvalue weighted by molar-refractivity contribution is 14.1. The van der Waals surface area contributed by atoms with Crippen LogP contribution in [-0.4, -0.2) is 57.0 Å². The van der Waals surface area contributed by atoms with E-state index in [1.54, 1.807) is 12.5 Å². The van der Waals surface area contributed by atoms with Crippen LogP contribution in [0.15, 0.2) is 89.7 Å². The number of halogens is 1. The second-order valence-electron chi connectivity index (χ2n) is 13.0. The number of carbonyl (C=O) groups excluding carboxylic acids is 1. The van der Waals surface area contributed by atoms with Gasteiger partial charge in [0.15, 0.2) is 0 Å². The Bertz CT molecular complexity index is 1740. The molecule has 5 rings (SSSR count). The maximum atomic E-state index is 13.7. The molecule has 0 aliphatic carbocycles. The highest BCUT2D eigenvalue weighted by atomic mass is 127. The van der Waals surface area contributed by atoms with Crippen molar-refractivity contribution in [3.05, 3.63) is 96.1 Å². The smallest absolute Gasteiger partial charge is 0.251 e. The first-order valence-electron chi connectivity index (χ1n) is 17.6. The van der Waals surface area contributed by atoms with E-state index < -0.39 is 10.8 Å². The number of amides is 1. The Morgan fingerprint density at radius 2 is 1.80 bits per heavy atom. The van der Waals surface area contributed by atoms with Crippen LogP contribution in [0.4, 0.5) is 11.4 Å². The molecule has 0 radical (unpaired) electrons. The molecule has 1 aromatic heterocycles. The number of aryl methyl sites for hydroxylation is 1. The number of nitrogens with zero attached hydrogens (tertiary/aromatic N) is 3. The molecule has 1 amide bonds. The molecule has 3 aromatic carbocycles. The molecule has 0 saturated heterocycles. The Morgan fingerprint density at radius 1 is 1.02 bits per heavy atom. The molecule has 1 N–H and O–H groups in total. The van der Waals surface area contributed by atoms with E-state index in [0.717, 1.165) is 94.2 Å². The third-order valence-electron chi connectivity index (χ3n) is 8.55. The van der Waals surface area contributed by atoms with Crippen molar-refractivity contribution in [2.75, 3.05) is 47.6 Å². The normalized spacial score (nSPS) is 13.7. The van der Waals surface area contributed by atoms with Crippen molar-refractivity contribution in [1.82, 2.24) is 9.55 Å². The lowest BCUT2D eigenvalue weighted by Crippen LogP contribution is -2.30. The number of hydrogen-bond acceptors (Lipinski definition) is 6. The average Bonchev–Trinajstić information content (AvgIpc) is 3.54. The molecule has 0 bridgehead atoms. The van der Waals surface area contributed by atoms with Gasteiger partial charge in [-0.15, -0.1) is 0 Å². The molecular formula is C40H49IN4O4S. The minimum atomic E-state index is -1.22. The van der Waals surface area contributed by atoms with Gasteiger partial charge in [-0.3, -0.25) is 9.00 Å². The fourth-order valence-corrected chi connectivity index (χ4v) is 7.61. The Kier molecular flexibility index (Phi) is 14.5. The molecule has 1 aliphatic rings. The monoisotopic (exact) mass is 808 g/mol. The molecule has 2 heterocycles. The number of hydrogen-bond donors (Lipinski definition) is 1. The fraction of sp³-hybridized carbons (Fsp3) is 0.400. The van der Waals surface area contributed by atoms with E-state index in [1.807, 2.05) is 41.0 Å². The predicted molar refractivity (Wildman–Crippen MR) is 214 cm³/mol. The van der Waals surface area contributed by atoms with Crippen molar-refractivity contribution in [2.24, 2.45) is 5.92 Å². The second kappa shape index (κ2) is 19.2. The van der Waals surface area contributed by atoms with Crippen LogP contribution in [0.2, 0.25) is 0 Å². The average molecular weight is 809 g/mol. The number of unbranched alkanes of at least 4 members (excludes halogenated alkanes) is 1. The molecule has 4 aromatic rings. The Morgan fingerprint density at radius 3 is 2.54 bits per heavy atom. The number of anilines is 2. The lowest BCUT2D eigenvalue weighted by Gasteiger charge is -2.30. The van der Waals surface area contributed by atoms with Crippen molar-refractivity contribution in [2.45, 2.75) is 63.6 Å². The summed E-state index contributed by atoms with van der Waals surface area (Å²) in [6.45, 7) is 11.2. The van der Waals surface area contributed by atoms with E-state index in [0.29, 0.717) is 37.0 Å². The largest absolute Gasteiger partial charge is 0.491 e. The number of nitrogens with one attached hydrogen (secondary N) is 1.